The Morgan fingerprint density at radius 1 is 1.03 bits per heavy atom. The molecule has 3 aromatic rings. The molecule has 0 aliphatic carbocycles. The van der Waals surface area contributed by atoms with Crippen molar-refractivity contribution < 1.29 is 28.3 Å². The molecule has 0 spiro atoms. The largest absolute Gasteiger partial charge is 0.493 e. The Morgan fingerprint density at radius 3 is 2.37 bits per heavy atom. The fourth-order valence-corrected chi connectivity index (χ4v) is 2.74. The summed E-state index contributed by atoms with van der Waals surface area (Å²) in [6.07, 6.45) is 0. The van der Waals surface area contributed by atoms with Crippen LogP contribution < -0.4 is 14.2 Å². The number of amides is 1. The number of hydrogen-bond donors (Lipinski definition) is 0. The lowest BCUT2D eigenvalue weighted by Crippen LogP contribution is -2.26. The topological polar surface area (TPSA) is 104 Å². The maximum Gasteiger partial charge on any atom is 0.308 e. The van der Waals surface area contributed by atoms with E-state index < -0.39 is 5.97 Å². The van der Waals surface area contributed by atoms with Crippen LogP contribution in [0.1, 0.15) is 23.2 Å². The van der Waals surface area contributed by atoms with Gasteiger partial charge in [0.25, 0.3) is 5.91 Å². The first kappa shape index (κ1) is 20.8. The number of rotatable bonds is 7. The number of nitrogens with zero attached hydrogens (tertiary/aromatic N) is 3. The van der Waals surface area contributed by atoms with Gasteiger partial charge in [-0.25, -0.2) is 0 Å². The lowest BCUT2D eigenvalue weighted by molar-refractivity contribution is -0.131. The third kappa shape index (κ3) is 4.75. The average Bonchev–Trinajstić information content (AvgIpc) is 3.21. The molecule has 1 aromatic heterocycles. The zero-order valence-electron chi connectivity index (χ0n) is 17.0. The van der Waals surface area contributed by atoms with Crippen LogP contribution in [0.3, 0.4) is 0 Å². The first-order chi connectivity index (χ1) is 14.4. The Morgan fingerprint density at radius 2 is 1.73 bits per heavy atom. The van der Waals surface area contributed by atoms with Gasteiger partial charge in [-0.15, -0.1) is 0 Å². The van der Waals surface area contributed by atoms with Crippen LogP contribution in [0.25, 0.3) is 11.4 Å². The Kier molecular flexibility index (Phi) is 6.31. The number of benzene rings is 2. The van der Waals surface area contributed by atoms with Gasteiger partial charge >= 0.3 is 5.97 Å². The molecule has 30 heavy (non-hydrogen) atoms. The molecule has 0 saturated carbocycles. The minimum absolute atomic E-state index is 0.130. The predicted molar refractivity (Wildman–Crippen MR) is 106 cm³/mol. The lowest BCUT2D eigenvalue weighted by Gasteiger charge is -2.14. The molecular formula is C21H21N3O6. The Bertz CT molecular complexity index is 1050. The van der Waals surface area contributed by atoms with E-state index in [9.17, 15) is 9.59 Å². The van der Waals surface area contributed by atoms with Crippen LogP contribution >= 0.6 is 0 Å². The fourth-order valence-electron chi connectivity index (χ4n) is 2.74. The van der Waals surface area contributed by atoms with Crippen molar-refractivity contribution in [3.05, 3.63) is 53.9 Å². The van der Waals surface area contributed by atoms with E-state index in [1.807, 2.05) is 0 Å². The highest BCUT2D eigenvalue weighted by Crippen LogP contribution is 2.31. The molecule has 1 heterocycles. The van der Waals surface area contributed by atoms with E-state index in [-0.39, 0.29) is 18.3 Å². The number of carbonyl (C=O) groups excluding carboxylic acids is 2. The van der Waals surface area contributed by atoms with Gasteiger partial charge in [-0.3, -0.25) is 9.59 Å². The Hall–Kier alpha value is -3.88. The minimum Gasteiger partial charge on any atom is -0.493 e. The first-order valence-electron chi connectivity index (χ1n) is 9.00. The predicted octanol–water partition coefficient (Wildman–Crippen LogP) is 2.95. The molecule has 0 radical (unpaired) electrons. The molecule has 156 valence electrons. The maximum atomic E-state index is 12.6. The summed E-state index contributed by atoms with van der Waals surface area (Å²) in [5.41, 5.74) is 1.13. The summed E-state index contributed by atoms with van der Waals surface area (Å²) >= 11 is 0. The second-order valence-electron chi connectivity index (χ2n) is 6.36. The van der Waals surface area contributed by atoms with E-state index in [0.717, 1.165) is 0 Å². The quantitative estimate of drug-likeness (QED) is 0.432. The van der Waals surface area contributed by atoms with E-state index in [0.29, 0.717) is 34.2 Å². The van der Waals surface area contributed by atoms with E-state index in [1.54, 1.807) is 63.7 Å². The summed E-state index contributed by atoms with van der Waals surface area (Å²) in [5.74, 6) is 1.51. The molecule has 0 N–H and O–H groups in total. The Labute approximate surface area is 173 Å². The van der Waals surface area contributed by atoms with Gasteiger partial charge in [0.05, 0.1) is 20.8 Å². The SMILES string of the molecule is COc1ccc(-c2noc(CN(C)C(=O)c3ccc(OC(C)=O)cc3)n2)cc1OC. The highest BCUT2D eigenvalue weighted by atomic mass is 16.5. The highest BCUT2D eigenvalue weighted by molar-refractivity contribution is 5.94. The molecule has 0 bridgehead atoms. The van der Waals surface area contributed by atoms with Crippen LogP contribution in [0, 0.1) is 0 Å². The molecule has 9 heteroatoms. The van der Waals surface area contributed by atoms with Crippen LogP contribution in [-0.4, -0.2) is 48.2 Å². The smallest absolute Gasteiger partial charge is 0.308 e. The van der Waals surface area contributed by atoms with Gasteiger partial charge in [-0.2, -0.15) is 4.98 Å². The molecule has 1 amide bonds. The molecule has 0 saturated heterocycles. The van der Waals surface area contributed by atoms with E-state index >= 15 is 0 Å². The summed E-state index contributed by atoms with van der Waals surface area (Å²) in [6.45, 7) is 1.44. The van der Waals surface area contributed by atoms with E-state index in [1.165, 1.54) is 11.8 Å². The minimum atomic E-state index is -0.423. The average molecular weight is 411 g/mol. The van der Waals surface area contributed by atoms with Crippen molar-refractivity contribution in [3.8, 4) is 28.6 Å². The summed E-state index contributed by atoms with van der Waals surface area (Å²) in [4.78, 5) is 29.4. The van der Waals surface area contributed by atoms with Gasteiger partial charge in [0, 0.05) is 25.1 Å². The van der Waals surface area contributed by atoms with Crippen LogP contribution in [0.15, 0.2) is 47.0 Å². The zero-order chi connectivity index (χ0) is 21.7. The van der Waals surface area contributed by atoms with Crippen LogP contribution in [0.4, 0.5) is 0 Å². The molecule has 0 unspecified atom stereocenters. The Balaban J connectivity index is 1.69. The monoisotopic (exact) mass is 411 g/mol. The summed E-state index contributed by atoms with van der Waals surface area (Å²) in [6, 6.07) is 11.6. The third-order valence-corrected chi connectivity index (χ3v) is 4.19. The molecule has 2 aromatic carbocycles. The number of carbonyl (C=O) groups is 2. The first-order valence-corrected chi connectivity index (χ1v) is 9.00. The second kappa shape index (κ2) is 9.08. The van der Waals surface area contributed by atoms with Gasteiger partial charge in [-0.1, -0.05) is 5.16 Å². The number of aromatic nitrogens is 2. The summed E-state index contributed by atoms with van der Waals surface area (Å²) in [5, 5.41) is 3.97. The molecule has 9 nitrogen and oxygen atoms in total. The normalized spacial score (nSPS) is 10.4. The van der Waals surface area contributed by atoms with Crippen molar-refractivity contribution in [3.63, 3.8) is 0 Å². The lowest BCUT2D eigenvalue weighted by atomic mass is 10.2. The van der Waals surface area contributed by atoms with E-state index in [2.05, 4.69) is 10.1 Å². The summed E-state index contributed by atoms with van der Waals surface area (Å²) in [7, 11) is 4.73. The molecular weight excluding hydrogens is 390 g/mol. The molecule has 3 rings (SSSR count). The second-order valence-corrected chi connectivity index (χ2v) is 6.36. The van der Waals surface area contributed by atoms with Gasteiger partial charge < -0.3 is 23.6 Å². The van der Waals surface area contributed by atoms with Crippen molar-refractivity contribution in [2.24, 2.45) is 0 Å². The van der Waals surface area contributed by atoms with Crippen molar-refractivity contribution in [1.29, 1.82) is 0 Å². The zero-order valence-corrected chi connectivity index (χ0v) is 17.0. The third-order valence-electron chi connectivity index (χ3n) is 4.19. The fraction of sp³-hybridized carbons (Fsp3) is 0.238. The molecule has 0 fully saturated rings. The summed E-state index contributed by atoms with van der Waals surface area (Å²) < 4.78 is 20.8. The van der Waals surface area contributed by atoms with Crippen molar-refractivity contribution in [1.82, 2.24) is 15.0 Å². The van der Waals surface area contributed by atoms with Crippen molar-refractivity contribution in [2.45, 2.75) is 13.5 Å². The highest BCUT2D eigenvalue weighted by Gasteiger charge is 2.17. The maximum absolute atomic E-state index is 12.6. The molecule has 0 aliphatic rings. The number of ether oxygens (including phenoxy) is 3. The molecule has 0 aliphatic heterocycles. The van der Waals surface area contributed by atoms with Crippen molar-refractivity contribution in [2.75, 3.05) is 21.3 Å². The van der Waals surface area contributed by atoms with E-state index in [4.69, 9.17) is 18.7 Å². The standard InChI is InChI=1S/C21H21N3O6/c1-13(25)29-16-8-5-14(6-9-16)21(26)24(2)12-19-22-20(23-30-19)15-7-10-17(27-3)18(11-15)28-4/h5-11H,12H2,1-4H3. The number of esters is 1. The molecule has 0 atom stereocenters. The number of hydrogen-bond acceptors (Lipinski definition) is 8. The van der Waals surface area contributed by atoms with Gasteiger partial charge in [0.15, 0.2) is 11.5 Å². The van der Waals surface area contributed by atoms with Crippen LogP contribution in [0.5, 0.6) is 17.2 Å². The number of methoxy groups -OCH3 is 2. The van der Waals surface area contributed by atoms with Gasteiger partial charge in [0.2, 0.25) is 11.7 Å². The van der Waals surface area contributed by atoms with Crippen LogP contribution in [-0.2, 0) is 11.3 Å². The van der Waals surface area contributed by atoms with Gasteiger partial charge in [-0.05, 0) is 42.5 Å². The van der Waals surface area contributed by atoms with Gasteiger partial charge in [0.1, 0.15) is 5.75 Å². The van der Waals surface area contributed by atoms with Crippen molar-refractivity contribution >= 4 is 11.9 Å². The van der Waals surface area contributed by atoms with Crippen LogP contribution in [0.2, 0.25) is 0 Å².